The summed E-state index contributed by atoms with van der Waals surface area (Å²) in [5, 5.41) is 4.85. The van der Waals surface area contributed by atoms with Gasteiger partial charge >= 0.3 is 6.85 Å². The lowest BCUT2D eigenvalue weighted by Crippen LogP contribution is -2.61. The zero-order chi connectivity index (χ0) is 41.4. The van der Waals surface area contributed by atoms with Gasteiger partial charge in [0.15, 0.2) is 0 Å². The third-order valence-corrected chi connectivity index (χ3v) is 14.4. The number of para-hydroxylation sites is 2. The summed E-state index contributed by atoms with van der Waals surface area (Å²) in [4.78, 5) is 5.23. The van der Waals surface area contributed by atoms with E-state index in [1.54, 1.807) is 0 Å². The molecule has 0 spiro atoms. The molecule has 0 N–H and O–H groups in total. The molecule has 0 saturated heterocycles. The van der Waals surface area contributed by atoms with Gasteiger partial charge < -0.3 is 14.1 Å². The van der Waals surface area contributed by atoms with Gasteiger partial charge in [0.05, 0.1) is 5.69 Å². The minimum atomic E-state index is -0.164. The molecule has 5 heteroatoms. The van der Waals surface area contributed by atoms with E-state index in [-0.39, 0.29) is 17.7 Å². The van der Waals surface area contributed by atoms with Crippen molar-refractivity contribution in [2.75, 3.05) is 9.71 Å². The molecule has 10 aromatic rings. The van der Waals surface area contributed by atoms with Crippen molar-refractivity contribution in [2.45, 2.75) is 52.4 Å². The van der Waals surface area contributed by atoms with Crippen molar-refractivity contribution < 1.29 is 4.42 Å². The Balaban J connectivity index is 1.29. The lowest BCUT2D eigenvalue weighted by Gasteiger charge is -2.46. The van der Waals surface area contributed by atoms with Crippen LogP contribution in [-0.4, -0.2) is 6.85 Å². The van der Waals surface area contributed by atoms with Crippen molar-refractivity contribution in [3.05, 3.63) is 175 Å². The number of nitrogens with zero attached hydrogens (tertiary/aromatic N) is 2. The SMILES string of the molecule is CC(C)(C)c1ccc(N2B3c4c(cc5c(oc6ccccc65)c4-c4cc(C(C)(C)C)ccc42)N(c2ccccc2-c2ccccc2)c2ccc4c(sc5ccccc54)c23)cc1. The number of benzene rings is 8. The molecular formula is C56H45BN2OS. The second kappa shape index (κ2) is 13.0. The molecule has 0 atom stereocenters. The number of anilines is 5. The van der Waals surface area contributed by atoms with E-state index < -0.39 is 0 Å². The number of rotatable bonds is 3. The van der Waals surface area contributed by atoms with Gasteiger partial charge in [-0.3, -0.25) is 0 Å². The van der Waals surface area contributed by atoms with E-state index in [9.17, 15) is 0 Å². The Bertz CT molecular complexity index is 3400. The zero-order valence-corrected chi connectivity index (χ0v) is 36.2. The van der Waals surface area contributed by atoms with Crippen molar-refractivity contribution in [3.8, 4) is 22.3 Å². The van der Waals surface area contributed by atoms with E-state index in [0.717, 1.165) is 27.6 Å². The van der Waals surface area contributed by atoms with Crippen LogP contribution in [0.1, 0.15) is 52.7 Å². The maximum absolute atomic E-state index is 7.12. The normalized spacial score (nSPS) is 13.6. The fourth-order valence-electron chi connectivity index (χ4n) is 10.1. The Morgan fingerprint density at radius 2 is 1.16 bits per heavy atom. The Morgan fingerprint density at radius 3 is 1.95 bits per heavy atom. The van der Waals surface area contributed by atoms with Gasteiger partial charge in [-0.05, 0) is 93.0 Å². The largest absolute Gasteiger partial charge is 0.455 e. The topological polar surface area (TPSA) is 19.6 Å². The first-order chi connectivity index (χ1) is 29.5. The maximum Gasteiger partial charge on any atom is 0.334 e. The van der Waals surface area contributed by atoms with Crippen molar-refractivity contribution in [3.63, 3.8) is 0 Å². The van der Waals surface area contributed by atoms with Crippen LogP contribution in [0.2, 0.25) is 0 Å². The molecule has 0 fully saturated rings. The van der Waals surface area contributed by atoms with Gasteiger partial charge in [0.25, 0.3) is 0 Å². The van der Waals surface area contributed by atoms with Crippen LogP contribution in [0.5, 0.6) is 0 Å². The highest BCUT2D eigenvalue weighted by atomic mass is 32.1. The summed E-state index contributed by atoms with van der Waals surface area (Å²) >= 11 is 1.92. The minimum absolute atomic E-state index is 0.0277. The van der Waals surface area contributed by atoms with Crippen LogP contribution in [0.25, 0.3) is 64.4 Å². The maximum atomic E-state index is 7.12. The zero-order valence-electron chi connectivity index (χ0n) is 35.4. The standard InChI is InChI=1S/C56H45BN2OS/c1-55(2,3)35-24-27-37(28-25-35)59-45-30-26-36(56(4,5)6)32-43(45)50-51-47(33-42-39-19-11-14-22-48(39)60-53(42)50)58(44-21-13-10-18-38(44)34-16-8-7-9-17-34)46-31-29-41-40-20-12-15-23-49(40)61-54(41)52(46)57(51)59/h7-33H,1-6H3. The van der Waals surface area contributed by atoms with E-state index in [0.29, 0.717) is 0 Å². The highest BCUT2D eigenvalue weighted by Gasteiger charge is 2.48. The summed E-state index contributed by atoms with van der Waals surface area (Å²) < 4.78 is 9.74. The van der Waals surface area contributed by atoms with Gasteiger partial charge in [-0.25, -0.2) is 0 Å². The fraction of sp³-hybridized carbons (Fsp3) is 0.143. The van der Waals surface area contributed by atoms with E-state index in [4.69, 9.17) is 4.42 Å². The molecule has 2 aliphatic rings. The van der Waals surface area contributed by atoms with Crippen molar-refractivity contribution in [2.24, 2.45) is 0 Å². The second-order valence-electron chi connectivity index (χ2n) is 18.9. The van der Waals surface area contributed by atoms with Gasteiger partial charge in [-0.2, -0.15) is 0 Å². The molecule has 0 amide bonds. The molecular weight excluding hydrogens is 760 g/mol. The summed E-state index contributed by atoms with van der Waals surface area (Å²) in [7, 11) is 0. The van der Waals surface area contributed by atoms with Crippen LogP contribution in [0, 0.1) is 0 Å². The smallest absolute Gasteiger partial charge is 0.334 e. The number of furan rings is 1. The fourth-order valence-corrected chi connectivity index (χ4v) is 11.4. The molecule has 8 aromatic carbocycles. The molecule has 2 aromatic heterocycles. The second-order valence-corrected chi connectivity index (χ2v) is 20.0. The van der Waals surface area contributed by atoms with Gasteiger partial charge in [0.1, 0.15) is 11.2 Å². The van der Waals surface area contributed by atoms with E-state index >= 15 is 0 Å². The monoisotopic (exact) mass is 804 g/mol. The quantitative estimate of drug-likeness (QED) is 0.166. The molecule has 0 bridgehead atoms. The summed E-state index contributed by atoms with van der Waals surface area (Å²) in [6, 6.07) is 61.1. The van der Waals surface area contributed by atoms with Crippen LogP contribution in [0.3, 0.4) is 0 Å². The first-order valence-corrected chi connectivity index (χ1v) is 22.3. The van der Waals surface area contributed by atoms with Crippen LogP contribution >= 0.6 is 11.3 Å². The van der Waals surface area contributed by atoms with E-state index in [1.807, 2.05) is 11.3 Å². The lowest BCUT2D eigenvalue weighted by atomic mass is 9.43. The summed E-state index contributed by atoms with van der Waals surface area (Å²) in [5.41, 5.74) is 17.7. The molecule has 4 heterocycles. The Hall–Kier alpha value is -6.56. The lowest BCUT2D eigenvalue weighted by molar-refractivity contribution is 0.590. The Morgan fingerprint density at radius 1 is 0.492 bits per heavy atom. The molecule has 61 heavy (non-hydrogen) atoms. The molecule has 294 valence electrons. The number of fused-ring (bicyclic) bond motifs is 12. The Labute approximate surface area is 361 Å². The Kier molecular flexibility index (Phi) is 7.72. The minimum Gasteiger partial charge on any atom is -0.455 e. The van der Waals surface area contributed by atoms with Crippen molar-refractivity contribution in [1.82, 2.24) is 0 Å². The number of hydrogen-bond donors (Lipinski definition) is 0. The van der Waals surface area contributed by atoms with Crippen molar-refractivity contribution >= 4 is 99.7 Å². The van der Waals surface area contributed by atoms with Gasteiger partial charge in [0.2, 0.25) is 0 Å². The molecule has 0 aliphatic carbocycles. The van der Waals surface area contributed by atoms with Gasteiger partial charge in [-0.15, -0.1) is 11.3 Å². The first kappa shape index (κ1) is 36.3. The van der Waals surface area contributed by atoms with Gasteiger partial charge in [0, 0.05) is 70.4 Å². The molecule has 12 rings (SSSR count). The van der Waals surface area contributed by atoms with Crippen LogP contribution < -0.4 is 20.6 Å². The van der Waals surface area contributed by atoms with Crippen molar-refractivity contribution in [1.29, 1.82) is 0 Å². The molecule has 0 saturated carbocycles. The molecule has 2 aliphatic heterocycles. The predicted molar refractivity (Wildman–Crippen MR) is 263 cm³/mol. The van der Waals surface area contributed by atoms with Gasteiger partial charge in [-0.1, -0.05) is 151 Å². The third-order valence-electron chi connectivity index (χ3n) is 13.2. The van der Waals surface area contributed by atoms with Crippen LogP contribution in [0.4, 0.5) is 28.4 Å². The predicted octanol–water partition coefficient (Wildman–Crippen LogP) is 14.9. The molecule has 0 radical (unpaired) electrons. The highest BCUT2D eigenvalue weighted by molar-refractivity contribution is 7.27. The van der Waals surface area contributed by atoms with E-state index in [1.165, 1.54) is 87.2 Å². The molecule has 3 nitrogen and oxygen atoms in total. The highest BCUT2D eigenvalue weighted by Crippen LogP contribution is 2.53. The summed E-state index contributed by atoms with van der Waals surface area (Å²) in [6.45, 7) is 13.7. The number of thiophene rings is 1. The average Bonchev–Trinajstić information content (AvgIpc) is 3.84. The third kappa shape index (κ3) is 5.36. The average molecular weight is 805 g/mol. The van der Waals surface area contributed by atoms with E-state index in [2.05, 4.69) is 215 Å². The summed E-state index contributed by atoms with van der Waals surface area (Å²) in [6.07, 6.45) is 0. The summed E-state index contributed by atoms with van der Waals surface area (Å²) in [5.74, 6) is 0. The van der Waals surface area contributed by atoms with Crippen LogP contribution in [-0.2, 0) is 10.8 Å². The number of hydrogen-bond acceptors (Lipinski definition) is 4. The molecule has 0 unspecified atom stereocenters. The van der Waals surface area contributed by atoms with Crippen LogP contribution in [0.15, 0.2) is 168 Å². The first-order valence-electron chi connectivity index (χ1n) is 21.5.